The molecule has 0 aliphatic carbocycles. The van der Waals surface area contributed by atoms with Gasteiger partial charge in [-0.25, -0.2) is 4.31 Å². The molecule has 0 bridgehead atoms. The number of β-amino-alcohol motifs (C(OH)–C–C–N with tert-alkyl or cyclic N) is 1. The van der Waals surface area contributed by atoms with Crippen molar-refractivity contribution in [2.45, 2.75) is 43.7 Å². The predicted molar refractivity (Wildman–Crippen MR) is 163 cm³/mol. The summed E-state index contributed by atoms with van der Waals surface area (Å²) in [4.78, 5) is 1.13. The van der Waals surface area contributed by atoms with Crippen molar-refractivity contribution in [3.05, 3.63) is 96.1 Å². The Morgan fingerprint density at radius 3 is 2.29 bits per heavy atom. The van der Waals surface area contributed by atoms with E-state index in [1.54, 1.807) is 11.9 Å². The quantitative estimate of drug-likeness (QED) is 0.150. The normalized spacial score (nSPS) is 12.3. The number of nitrogen functional groups attached to an aromatic ring is 1. The van der Waals surface area contributed by atoms with Crippen molar-refractivity contribution in [2.75, 3.05) is 33.0 Å². The summed E-state index contributed by atoms with van der Waals surface area (Å²) in [5, 5.41) is 23.8. The van der Waals surface area contributed by atoms with Gasteiger partial charge in [-0.2, -0.15) is 0 Å². The number of nitrogens with zero attached hydrogens (tertiary/aromatic N) is 1. The standard InChI is InChI=1S/C31H37N3OS.CH4O/c1-22-9-16-29(30(32)17-22)25-12-14-28(15-13-25)36-34(4)21-27(35)20-33-31(2,3)19-23-10-11-24-7-5-6-8-26(24)18-23;1-2/h5-18,27,33,35H,19-21,32H2,1-4H3;2H,1H3. The van der Waals surface area contributed by atoms with Gasteiger partial charge in [0.15, 0.2) is 0 Å². The maximum atomic E-state index is 10.7. The van der Waals surface area contributed by atoms with Crippen molar-refractivity contribution in [1.29, 1.82) is 0 Å². The first-order chi connectivity index (χ1) is 18.2. The van der Waals surface area contributed by atoms with E-state index >= 15 is 0 Å². The van der Waals surface area contributed by atoms with Crippen molar-refractivity contribution >= 4 is 28.4 Å². The zero-order valence-electron chi connectivity index (χ0n) is 23.1. The van der Waals surface area contributed by atoms with Crippen LogP contribution >= 0.6 is 11.9 Å². The van der Waals surface area contributed by atoms with Crippen molar-refractivity contribution in [3.63, 3.8) is 0 Å². The van der Waals surface area contributed by atoms with E-state index in [9.17, 15) is 5.11 Å². The number of anilines is 1. The fourth-order valence-electron chi connectivity index (χ4n) is 4.53. The van der Waals surface area contributed by atoms with E-state index in [0.717, 1.165) is 40.8 Å². The Morgan fingerprint density at radius 1 is 0.921 bits per heavy atom. The molecule has 1 atom stereocenters. The molecule has 1 unspecified atom stereocenters. The lowest BCUT2D eigenvalue weighted by Crippen LogP contribution is -2.46. The number of aryl methyl sites for hydroxylation is 1. The molecule has 202 valence electrons. The van der Waals surface area contributed by atoms with Gasteiger partial charge in [0.05, 0.1) is 6.10 Å². The highest BCUT2D eigenvalue weighted by Gasteiger charge is 2.20. The van der Waals surface area contributed by atoms with E-state index in [1.807, 2.05) is 20.0 Å². The summed E-state index contributed by atoms with van der Waals surface area (Å²) >= 11 is 1.63. The number of likely N-dealkylation sites (N-methyl/N-ethyl adjacent to an activating group) is 1. The molecule has 0 radical (unpaired) electrons. The fourth-order valence-corrected chi connectivity index (χ4v) is 5.40. The minimum atomic E-state index is -0.468. The minimum absolute atomic E-state index is 0.122. The third-order valence-corrected chi connectivity index (χ3v) is 7.32. The van der Waals surface area contributed by atoms with E-state index in [1.165, 1.54) is 16.3 Å². The number of rotatable bonds is 10. The second-order valence-corrected chi connectivity index (χ2v) is 11.6. The van der Waals surface area contributed by atoms with Crippen LogP contribution in [0.4, 0.5) is 5.69 Å². The summed E-state index contributed by atoms with van der Waals surface area (Å²) in [5.41, 5.74) is 11.5. The van der Waals surface area contributed by atoms with Crippen LogP contribution in [0, 0.1) is 6.92 Å². The van der Waals surface area contributed by atoms with Gasteiger partial charge in [0.2, 0.25) is 0 Å². The third-order valence-electron chi connectivity index (χ3n) is 6.38. The molecule has 0 saturated heterocycles. The summed E-state index contributed by atoms with van der Waals surface area (Å²) in [6, 6.07) is 29.7. The molecular weight excluding hydrogens is 490 g/mol. The second-order valence-electron chi connectivity index (χ2n) is 10.3. The lowest BCUT2D eigenvalue weighted by atomic mass is 9.93. The first kappa shape index (κ1) is 29.7. The van der Waals surface area contributed by atoms with Crippen LogP contribution in [0.2, 0.25) is 0 Å². The molecular formula is C32H41N3O2S. The lowest BCUT2D eigenvalue weighted by molar-refractivity contribution is 0.142. The second kappa shape index (κ2) is 13.8. The largest absolute Gasteiger partial charge is 0.400 e. The summed E-state index contributed by atoms with van der Waals surface area (Å²) in [6.45, 7) is 7.53. The Bertz CT molecular complexity index is 1310. The molecule has 38 heavy (non-hydrogen) atoms. The molecule has 0 amide bonds. The Hall–Kier alpha value is -2.87. The SMILES string of the molecule is CO.Cc1ccc(-c2ccc(SN(C)CC(O)CNC(C)(C)Cc3ccc4ccccc4c3)cc2)c(N)c1. The van der Waals surface area contributed by atoms with Crippen LogP contribution in [-0.4, -0.2) is 53.4 Å². The van der Waals surface area contributed by atoms with Gasteiger partial charge >= 0.3 is 0 Å². The van der Waals surface area contributed by atoms with Crippen molar-refractivity contribution in [3.8, 4) is 11.1 Å². The maximum absolute atomic E-state index is 10.7. The molecule has 4 aromatic carbocycles. The molecule has 0 aliphatic rings. The van der Waals surface area contributed by atoms with Gasteiger partial charge in [-0.1, -0.05) is 66.7 Å². The van der Waals surface area contributed by atoms with Gasteiger partial charge < -0.3 is 21.3 Å². The Balaban J connectivity index is 0.00000195. The average molecular weight is 532 g/mol. The third kappa shape index (κ3) is 8.58. The highest BCUT2D eigenvalue weighted by Crippen LogP contribution is 2.29. The monoisotopic (exact) mass is 531 g/mol. The molecule has 4 aromatic rings. The number of aliphatic hydroxyl groups excluding tert-OH is 2. The molecule has 0 aromatic heterocycles. The molecule has 0 saturated carbocycles. The number of hydrogen-bond donors (Lipinski definition) is 4. The van der Waals surface area contributed by atoms with E-state index in [-0.39, 0.29) is 5.54 Å². The summed E-state index contributed by atoms with van der Waals surface area (Å²) in [6.07, 6.45) is 0.428. The van der Waals surface area contributed by atoms with Gasteiger partial charge in [0.1, 0.15) is 0 Å². The van der Waals surface area contributed by atoms with E-state index in [4.69, 9.17) is 10.8 Å². The number of aliphatic hydroxyl groups is 2. The number of nitrogens with one attached hydrogen (secondary N) is 1. The predicted octanol–water partition coefficient (Wildman–Crippen LogP) is 5.92. The van der Waals surface area contributed by atoms with Crippen LogP contribution in [0.3, 0.4) is 0 Å². The van der Waals surface area contributed by atoms with Crippen LogP contribution in [0.5, 0.6) is 0 Å². The van der Waals surface area contributed by atoms with Gasteiger partial charge in [-0.3, -0.25) is 0 Å². The van der Waals surface area contributed by atoms with Crippen LogP contribution in [0.1, 0.15) is 25.0 Å². The van der Waals surface area contributed by atoms with E-state index in [0.29, 0.717) is 13.1 Å². The van der Waals surface area contributed by atoms with Crippen LogP contribution in [0.15, 0.2) is 89.8 Å². The summed E-state index contributed by atoms with van der Waals surface area (Å²) in [5.74, 6) is 0. The molecule has 0 spiro atoms. The molecule has 0 aliphatic heterocycles. The first-order valence-electron chi connectivity index (χ1n) is 12.9. The highest BCUT2D eigenvalue weighted by atomic mass is 32.2. The molecule has 5 N–H and O–H groups in total. The smallest absolute Gasteiger partial charge is 0.0800 e. The number of benzene rings is 4. The molecule has 4 rings (SSSR count). The summed E-state index contributed by atoms with van der Waals surface area (Å²) < 4.78 is 2.08. The molecule has 6 heteroatoms. The average Bonchev–Trinajstić information content (AvgIpc) is 2.89. The van der Waals surface area contributed by atoms with Gasteiger partial charge in [0.25, 0.3) is 0 Å². The molecule has 5 nitrogen and oxygen atoms in total. The topological polar surface area (TPSA) is 81.8 Å². The zero-order chi connectivity index (χ0) is 27.7. The Kier molecular flexibility index (Phi) is 10.8. The van der Waals surface area contributed by atoms with Crippen LogP contribution in [-0.2, 0) is 6.42 Å². The van der Waals surface area contributed by atoms with Crippen molar-refractivity contribution in [2.24, 2.45) is 0 Å². The van der Waals surface area contributed by atoms with E-state index < -0.39 is 6.10 Å². The zero-order valence-corrected chi connectivity index (χ0v) is 23.9. The molecule has 0 fully saturated rings. The first-order valence-corrected chi connectivity index (χ1v) is 13.7. The summed E-state index contributed by atoms with van der Waals surface area (Å²) in [7, 11) is 3.01. The van der Waals surface area contributed by atoms with Crippen LogP contribution in [0.25, 0.3) is 21.9 Å². The number of fused-ring (bicyclic) bond motifs is 1. The fraction of sp³-hybridized carbons (Fsp3) is 0.312. The number of nitrogens with two attached hydrogens (primary N) is 1. The van der Waals surface area contributed by atoms with E-state index in [2.05, 4.69) is 102 Å². The van der Waals surface area contributed by atoms with Gasteiger partial charge in [0, 0.05) is 41.9 Å². The van der Waals surface area contributed by atoms with Crippen molar-refractivity contribution in [1.82, 2.24) is 9.62 Å². The van der Waals surface area contributed by atoms with Crippen LogP contribution < -0.4 is 11.1 Å². The highest BCUT2D eigenvalue weighted by molar-refractivity contribution is 7.97. The minimum Gasteiger partial charge on any atom is -0.400 e. The maximum Gasteiger partial charge on any atom is 0.0800 e. The Morgan fingerprint density at radius 2 is 1.61 bits per heavy atom. The Labute approximate surface area is 231 Å². The number of hydrogen-bond acceptors (Lipinski definition) is 6. The van der Waals surface area contributed by atoms with Crippen molar-refractivity contribution < 1.29 is 10.2 Å². The van der Waals surface area contributed by atoms with Gasteiger partial charge in [-0.05, 0) is 91.8 Å². The van der Waals surface area contributed by atoms with Gasteiger partial charge in [-0.15, -0.1) is 0 Å². The lowest BCUT2D eigenvalue weighted by Gasteiger charge is -2.29. The molecule has 0 heterocycles.